The van der Waals surface area contributed by atoms with Gasteiger partial charge in [0.1, 0.15) is 11.5 Å². The maximum Gasteiger partial charge on any atom is 0.295 e. The van der Waals surface area contributed by atoms with E-state index in [0.29, 0.717) is 30.9 Å². The number of aryl methyl sites for hydroxylation is 1. The normalized spacial score (nSPS) is 17.8. The fourth-order valence-electron chi connectivity index (χ4n) is 4.37. The molecule has 1 amide bonds. The molecule has 6 nitrogen and oxygen atoms in total. The third-order valence-electron chi connectivity index (χ3n) is 6.14. The molecule has 1 heterocycles. The molecular weight excluding hydrogens is 430 g/mol. The van der Waals surface area contributed by atoms with E-state index in [-0.39, 0.29) is 23.4 Å². The molecule has 1 aliphatic heterocycles. The molecule has 3 rings (SSSR count). The monoisotopic (exact) mass is 465 g/mol. The lowest BCUT2D eigenvalue weighted by molar-refractivity contribution is -0.140. The van der Waals surface area contributed by atoms with Crippen LogP contribution in [0, 0.1) is 6.92 Å². The smallest absolute Gasteiger partial charge is 0.295 e. The summed E-state index contributed by atoms with van der Waals surface area (Å²) in [5, 5.41) is 11.4. The second-order valence-electron chi connectivity index (χ2n) is 9.23. The third-order valence-corrected chi connectivity index (χ3v) is 6.14. The van der Waals surface area contributed by atoms with Crippen molar-refractivity contribution < 1.29 is 24.2 Å². The number of aliphatic hydroxyl groups excluding tert-OH is 1. The summed E-state index contributed by atoms with van der Waals surface area (Å²) < 4.78 is 11.1. The number of ether oxygens (including phenoxy) is 2. The van der Waals surface area contributed by atoms with E-state index in [1.807, 2.05) is 65.0 Å². The number of ketones is 1. The van der Waals surface area contributed by atoms with Gasteiger partial charge in [0, 0.05) is 18.7 Å². The van der Waals surface area contributed by atoms with Crippen molar-refractivity contribution in [1.82, 2.24) is 4.90 Å². The highest BCUT2D eigenvalue weighted by molar-refractivity contribution is 6.46. The van der Waals surface area contributed by atoms with Gasteiger partial charge in [-0.3, -0.25) is 9.59 Å². The van der Waals surface area contributed by atoms with E-state index in [0.717, 1.165) is 16.7 Å². The highest BCUT2D eigenvalue weighted by Gasteiger charge is 2.46. The number of Topliss-reactive ketones (excluding diaryl/α,β-unsaturated/α-hetero) is 1. The fourth-order valence-corrected chi connectivity index (χ4v) is 4.37. The molecule has 1 N–H and O–H groups in total. The summed E-state index contributed by atoms with van der Waals surface area (Å²) in [4.78, 5) is 27.9. The van der Waals surface area contributed by atoms with Crippen LogP contribution in [-0.4, -0.2) is 48.1 Å². The number of aliphatic hydroxyl groups is 1. The molecule has 1 unspecified atom stereocenters. The SMILES string of the molecule is COc1ccc(/C(O)=C2\C(=O)C(=O)N(CCCOC(C)C)C2c2ccccc2C)cc1C(C)C. The quantitative estimate of drug-likeness (QED) is 0.233. The van der Waals surface area contributed by atoms with Gasteiger partial charge in [0.15, 0.2) is 0 Å². The number of hydrogen-bond acceptors (Lipinski definition) is 5. The molecule has 1 atom stereocenters. The Morgan fingerprint density at radius 2 is 1.79 bits per heavy atom. The summed E-state index contributed by atoms with van der Waals surface area (Å²) in [5.41, 5.74) is 3.29. The first-order chi connectivity index (χ1) is 16.2. The molecule has 1 fully saturated rings. The second-order valence-corrected chi connectivity index (χ2v) is 9.23. The molecule has 0 aromatic heterocycles. The molecule has 0 saturated carbocycles. The number of methoxy groups -OCH3 is 1. The number of carbonyl (C=O) groups is 2. The molecule has 2 aromatic rings. The third kappa shape index (κ3) is 5.17. The summed E-state index contributed by atoms with van der Waals surface area (Å²) >= 11 is 0. The lowest BCUT2D eigenvalue weighted by atomic mass is 9.91. The van der Waals surface area contributed by atoms with E-state index in [1.165, 1.54) is 0 Å². The standard InChI is InChI=1S/C28H35NO5/c1-17(2)22-16-20(12-13-23(22)33-6)26(30)24-25(21-11-8-7-10-19(21)5)29(28(32)27(24)31)14-9-15-34-18(3)4/h7-8,10-13,16-18,25,30H,9,14-15H2,1-6H3/b26-24+. The molecule has 6 heteroatoms. The lowest BCUT2D eigenvalue weighted by Crippen LogP contribution is -2.31. The van der Waals surface area contributed by atoms with E-state index in [4.69, 9.17) is 9.47 Å². The van der Waals surface area contributed by atoms with Gasteiger partial charge in [0.25, 0.3) is 11.7 Å². The Labute approximate surface area is 202 Å². The molecule has 0 spiro atoms. The molecule has 1 saturated heterocycles. The van der Waals surface area contributed by atoms with Crippen molar-refractivity contribution in [2.45, 2.75) is 59.1 Å². The maximum atomic E-state index is 13.2. The minimum Gasteiger partial charge on any atom is -0.507 e. The highest BCUT2D eigenvalue weighted by atomic mass is 16.5. The van der Waals surface area contributed by atoms with Crippen LogP contribution >= 0.6 is 0 Å². The van der Waals surface area contributed by atoms with E-state index in [2.05, 4.69) is 0 Å². The van der Waals surface area contributed by atoms with Gasteiger partial charge in [-0.15, -0.1) is 0 Å². The van der Waals surface area contributed by atoms with Crippen molar-refractivity contribution >= 4 is 17.4 Å². The van der Waals surface area contributed by atoms with Crippen LogP contribution < -0.4 is 4.74 Å². The van der Waals surface area contributed by atoms with Gasteiger partial charge < -0.3 is 19.5 Å². The molecule has 34 heavy (non-hydrogen) atoms. The van der Waals surface area contributed by atoms with Crippen LogP contribution in [0.2, 0.25) is 0 Å². The van der Waals surface area contributed by atoms with Crippen LogP contribution in [0.1, 0.15) is 68.3 Å². The summed E-state index contributed by atoms with van der Waals surface area (Å²) in [6, 6.07) is 12.3. The van der Waals surface area contributed by atoms with Crippen molar-refractivity contribution in [3.05, 3.63) is 70.3 Å². The number of likely N-dealkylation sites (tertiary alicyclic amines) is 1. The first-order valence-corrected chi connectivity index (χ1v) is 11.8. The van der Waals surface area contributed by atoms with Crippen molar-refractivity contribution in [1.29, 1.82) is 0 Å². The highest BCUT2D eigenvalue weighted by Crippen LogP contribution is 2.41. The van der Waals surface area contributed by atoms with Crippen molar-refractivity contribution in [2.24, 2.45) is 0 Å². The molecule has 2 aromatic carbocycles. The van der Waals surface area contributed by atoms with E-state index in [9.17, 15) is 14.7 Å². The maximum absolute atomic E-state index is 13.2. The van der Waals surface area contributed by atoms with Crippen molar-refractivity contribution in [3.8, 4) is 5.75 Å². The van der Waals surface area contributed by atoms with Crippen molar-refractivity contribution in [3.63, 3.8) is 0 Å². The topological polar surface area (TPSA) is 76.1 Å². The predicted octanol–water partition coefficient (Wildman–Crippen LogP) is 5.36. The number of benzene rings is 2. The average Bonchev–Trinajstić information content (AvgIpc) is 3.05. The zero-order chi connectivity index (χ0) is 25.0. The Balaban J connectivity index is 2.11. The average molecular weight is 466 g/mol. The van der Waals surface area contributed by atoms with Crippen LogP contribution in [0.4, 0.5) is 0 Å². The van der Waals surface area contributed by atoms with Gasteiger partial charge in [0.05, 0.1) is 24.8 Å². The minimum absolute atomic E-state index is 0.0906. The van der Waals surface area contributed by atoms with Crippen LogP contribution in [0.5, 0.6) is 5.75 Å². The van der Waals surface area contributed by atoms with Crippen LogP contribution in [0.3, 0.4) is 0 Å². The molecule has 0 radical (unpaired) electrons. The minimum atomic E-state index is -0.669. The summed E-state index contributed by atoms with van der Waals surface area (Å²) in [6.07, 6.45) is 0.681. The van der Waals surface area contributed by atoms with Crippen molar-refractivity contribution in [2.75, 3.05) is 20.3 Å². The number of carbonyl (C=O) groups excluding carboxylic acids is 2. The van der Waals surface area contributed by atoms with Gasteiger partial charge in [-0.25, -0.2) is 0 Å². The number of nitrogens with zero attached hydrogens (tertiary/aromatic N) is 1. The Morgan fingerprint density at radius 3 is 2.41 bits per heavy atom. The summed E-state index contributed by atoms with van der Waals surface area (Å²) in [7, 11) is 1.60. The number of hydrogen-bond donors (Lipinski definition) is 1. The molecule has 0 aliphatic carbocycles. The van der Waals surface area contributed by atoms with E-state index < -0.39 is 17.7 Å². The number of rotatable bonds is 9. The van der Waals surface area contributed by atoms with Crippen LogP contribution in [-0.2, 0) is 14.3 Å². The van der Waals surface area contributed by atoms with Crippen LogP contribution in [0.25, 0.3) is 5.76 Å². The Kier molecular flexibility index (Phi) is 8.15. The Morgan fingerprint density at radius 1 is 1.09 bits per heavy atom. The molecule has 182 valence electrons. The fraction of sp³-hybridized carbons (Fsp3) is 0.429. The Hall–Kier alpha value is -3.12. The molecule has 0 bridgehead atoms. The van der Waals surface area contributed by atoms with Gasteiger partial charge >= 0.3 is 0 Å². The largest absolute Gasteiger partial charge is 0.507 e. The van der Waals surface area contributed by atoms with Crippen LogP contribution in [0.15, 0.2) is 48.0 Å². The molecular formula is C28H35NO5. The van der Waals surface area contributed by atoms with E-state index >= 15 is 0 Å². The van der Waals surface area contributed by atoms with Gasteiger partial charge in [0.2, 0.25) is 0 Å². The zero-order valence-electron chi connectivity index (χ0n) is 20.9. The second kappa shape index (κ2) is 10.9. The summed E-state index contributed by atoms with van der Waals surface area (Å²) in [5.74, 6) is -0.572. The predicted molar refractivity (Wildman–Crippen MR) is 133 cm³/mol. The first kappa shape index (κ1) is 25.5. The number of amides is 1. The van der Waals surface area contributed by atoms with Gasteiger partial charge in [-0.05, 0) is 68.0 Å². The Bertz CT molecular complexity index is 1090. The molecule has 1 aliphatic rings. The lowest BCUT2D eigenvalue weighted by Gasteiger charge is -2.26. The van der Waals surface area contributed by atoms with E-state index in [1.54, 1.807) is 24.1 Å². The zero-order valence-corrected chi connectivity index (χ0v) is 20.9. The van der Waals surface area contributed by atoms with Gasteiger partial charge in [-0.2, -0.15) is 0 Å². The first-order valence-electron chi connectivity index (χ1n) is 11.8. The van der Waals surface area contributed by atoms with Gasteiger partial charge in [-0.1, -0.05) is 38.1 Å². The summed E-state index contributed by atoms with van der Waals surface area (Å²) in [6.45, 7) is 10.8.